The summed E-state index contributed by atoms with van der Waals surface area (Å²) >= 11 is 1.60. The van der Waals surface area contributed by atoms with Crippen molar-refractivity contribution in [3.63, 3.8) is 0 Å². The third-order valence-electron chi connectivity index (χ3n) is 2.65. The summed E-state index contributed by atoms with van der Waals surface area (Å²) in [5.74, 6) is 0.726. The fourth-order valence-corrected chi connectivity index (χ4v) is 2.82. The highest BCUT2D eigenvalue weighted by molar-refractivity contribution is 7.21. The number of aromatic nitrogens is 2. The van der Waals surface area contributed by atoms with Crippen LogP contribution >= 0.6 is 11.3 Å². The van der Waals surface area contributed by atoms with E-state index < -0.39 is 0 Å². The molecule has 2 aromatic heterocycles. The van der Waals surface area contributed by atoms with Crippen molar-refractivity contribution in [2.45, 2.75) is 0 Å². The molecule has 0 aliphatic carbocycles. The first-order chi connectivity index (χ1) is 8.78. The van der Waals surface area contributed by atoms with Gasteiger partial charge in [-0.1, -0.05) is 0 Å². The van der Waals surface area contributed by atoms with Crippen LogP contribution in [0.15, 0.2) is 36.7 Å². The van der Waals surface area contributed by atoms with Gasteiger partial charge in [0.25, 0.3) is 0 Å². The molecule has 0 fully saturated rings. The third kappa shape index (κ3) is 1.78. The lowest BCUT2D eigenvalue weighted by Crippen LogP contribution is -1.88. The number of rotatable bonds is 2. The van der Waals surface area contributed by atoms with Crippen LogP contribution in [0.2, 0.25) is 0 Å². The summed E-state index contributed by atoms with van der Waals surface area (Å²) in [6.07, 6.45) is 3.42. The number of pyridine rings is 1. The van der Waals surface area contributed by atoms with Crippen LogP contribution in [0.1, 0.15) is 0 Å². The molecule has 0 saturated heterocycles. The number of hydrogen-bond acceptors (Lipinski definition) is 5. The van der Waals surface area contributed by atoms with Crippen LogP contribution in [0.4, 0.5) is 5.69 Å². The van der Waals surface area contributed by atoms with E-state index in [1.807, 2.05) is 24.3 Å². The molecule has 0 aliphatic heterocycles. The lowest BCUT2D eigenvalue weighted by molar-refractivity contribution is 0.414. The summed E-state index contributed by atoms with van der Waals surface area (Å²) in [6.45, 7) is 0. The highest BCUT2D eigenvalue weighted by atomic mass is 32.1. The summed E-state index contributed by atoms with van der Waals surface area (Å²) in [5.41, 5.74) is 8.42. The molecule has 90 valence electrons. The predicted molar refractivity (Wildman–Crippen MR) is 73.8 cm³/mol. The van der Waals surface area contributed by atoms with Crippen molar-refractivity contribution in [2.75, 3.05) is 12.8 Å². The Hall–Kier alpha value is -2.14. The molecule has 2 heterocycles. The van der Waals surface area contributed by atoms with Gasteiger partial charge in [-0.05, 0) is 24.3 Å². The van der Waals surface area contributed by atoms with Gasteiger partial charge in [0.05, 0.1) is 29.1 Å². The lowest BCUT2D eigenvalue weighted by Gasteiger charge is -2.03. The van der Waals surface area contributed by atoms with E-state index >= 15 is 0 Å². The average Bonchev–Trinajstić information content (AvgIpc) is 2.81. The molecule has 3 aromatic rings. The van der Waals surface area contributed by atoms with Crippen molar-refractivity contribution in [1.82, 2.24) is 9.97 Å². The molecular formula is C13H11N3OS. The minimum atomic E-state index is 0.726. The van der Waals surface area contributed by atoms with Gasteiger partial charge in [0.1, 0.15) is 10.8 Å². The molecule has 18 heavy (non-hydrogen) atoms. The number of benzene rings is 1. The Morgan fingerprint density at radius 1 is 1.28 bits per heavy atom. The first-order valence-electron chi connectivity index (χ1n) is 5.42. The number of ether oxygens (including phenoxy) is 1. The van der Waals surface area contributed by atoms with E-state index in [2.05, 4.69) is 9.97 Å². The Labute approximate surface area is 108 Å². The van der Waals surface area contributed by atoms with Gasteiger partial charge >= 0.3 is 0 Å². The van der Waals surface area contributed by atoms with Gasteiger partial charge in [0.15, 0.2) is 0 Å². The largest absolute Gasteiger partial charge is 0.494 e. The summed E-state index contributed by atoms with van der Waals surface area (Å²) in [4.78, 5) is 8.63. The predicted octanol–water partition coefficient (Wildman–Crippen LogP) is 2.95. The number of nitrogens with two attached hydrogens (primary N) is 1. The van der Waals surface area contributed by atoms with E-state index in [9.17, 15) is 0 Å². The number of fused-ring (bicyclic) bond motifs is 1. The summed E-state index contributed by atoms with van der Waals surface area (Å²) in [5, 5.41) is 0.912. The highest BCUT2D eigenvalue weighted by Crippen LogP contribution is 2.35. The quantitative estimate of drug-likeness (QED) is 0.717. The molecule has 3 rings (SSSR count). The molecule has 0 bridgehead atoms. The number of methoxy groups -OCH3 is 1. The van der Waals surface area contributed by atoms with Crippen molar-refractivity contribution in [2.24, 2.45) is 0 Å². The zero-order valence-corrected chi connectivity index (χ0v) is 10.6. The second-order valence-electron chi connectivity index (χ2n) is 3.82. The molecule has 5 heteroatoms. The minimum Gasteiger partial charge on any atom is -0.494 e. The van der Waals surface area contributed by atoms with Crippen LogP contribution in [0.3, 0.4) is 0 Å². The van der Waals surface area contributed by atoms with Crippen LogP contribution in [0.25, 0.3) is 20.8 Å². The summed E-state index contributed by atoms with van der Waals surface area (Å²) in [6, 6.07) is 7.62. The number of hydrogen-bond donors (Lipinski definition) is 1. The van der Waals surface area contributed by atoms with Crippen molar-refractivity contribution < 1.29 is 4.74 Å². The van der Waals surface area contributed by atoms with Crippen LogP contribution in [-0.2, 0) is 0 Å². The molecule has 1 aromatic carbocycles. The maximum atomic E-state index is 5.77. The van der Waals surface area contributed by atoms with Crippen LogP contribution < -0.4 is 10.5 Å². The monoisotopic (exact) mass is 257 g/mol. The van der Waals surface area contributed by atoms with Crippen molar-refractivity contribution in [3.05, 3.63) is 36.7 Å². The second-order valence-corrected chi connectivity index (χ2v) is 4.85. The Bertz CT molecular complexity index is 708. The second kappa shape index (κ2) is 4.27. The van der Waals surface area contributed by atoms with Crippen molar-refractivity contribution in [3.8, 4) is 16.3 Å². The molecule has 0 atom stereocenters. The maximum Gasteiger partial charge on any atom is 0.147 e. The fourth-order valence-electron chi connectivity index (χ4n) is 1.78. The van der Waals surface area contributed by atoms with Gasteiger partial charge in [0, 0.05) is 11.9 Å². The molecular weight excluding hydrogens is 246 g/mol. The average molecular weight is 257 g/mol. The van der Waals surface area contributed by atoms with Crippen molar-refractivity contribution >= 4 is 27.2 Å². The smallest absolute Gasteiger partial charge is 0.147 e. The van der Waals surface area contributed by atoms with Gasteiger partial charge in [-0.2, -0.15) is 0 Å². The number of anilines is 1. The zero-order valence-electron chi connectivity index (χ0n) is 9.75. The van der Waals surface area contributed by atoms with Gasteiger partial charge in [-0.25, -0.2) is 4.98 Å². The molecule has 0 aliphatic rings. The summed E-state index contributed by atoms with van der Waals surface area (Å²) < 4.78 is 6.37. The van der Waals surface area contributed by atoms with E-state index in [4.69, 9.17) is 10.5 Å². The molecule has 0 unspecified atom stereocenters. The van der Waals surface area contributed by atoms with E-state index in [1.54, 1.807) is 30.8 Å². The molecule has 0 amide bonds. The van der Waals surface area contributed by atoms with E-state index in [0.717, 1.165) is 32.2 Å². The first kappa shape index (κ1) is 11.0. The molecule has 2 N–H and O–H groups in total. The molecule has 0 radical (unpaired) electrons. The molecule has 0 saturated carbocycles. The number of nitrogens with zero attached hydrogens (tertiary/aromatic N) is 2. The van der Waals surface area contributed by atoms with Gasteiger partial charge in [0.2, 0.25) is 0 Å². The fraction of sp³-hybridized carbons (Fsp3) is 0.0769. The number of thiazole rings is 1. The molecule has 4 nitrogen and oxygen atoms in total. The van der Waals surface area contributed by atoms with Crippen LogP contribution in [0, 0.1) is 0 Å². The van der Waals surface area contributed by atoms with Crippen LogP contribution in [0.5, 0.6) is 5.75 Å². The van der Waals surface area contributed by atoms with Gasteiger partial charge in [-0.3, -0.25) is 4.98 Å². The Balaban J connectivity index is 2.19. The highest BCUT2D eigenvalue weighted by Gasteiger charge is 2.11. The van der Waals surface area contributed by atoms with Crippen molar-refractivity contribution in [1.29, 1.82) is 0 Å². The standard InChI is InChI=1S/C13H11N3OS/c1-17-11-7-15-5-4-9(11)13-16-10-3-2-8(14)6-12(10)18-13/h2-7H,14H2,1H3. The Kier molecular flexibility index (Phi) is 2.60. The third-order valence-corrected chi connectivity index (χ3v) is 3.70. The maximum absolute atomic E-state index is 5.77. The van der Waals surface area contributed by atoms with Gasteiger partial charge < -0.3 is 10.5 Å². The van der Waals surface area contributed by atoms with E-state index in [0.29, 0.717) is 0 Å². The van der Waals surface area contributed by atoms with Crippen LogP contribution in [-0.4, -0.2) is 17.1 Å². The normalized spacial score (nSPS) is 10.7. The SMILES string of the molecule is COc1cnccc1-c1nc2ccc(N)cc2s1. The minimum absolute atomic E-state index is 0.726. The topological polar surface area (TPSA) is 61.0 Å². The number of nitrogen functional groups attached to an aromatic ring is 1. The first-order valence-corrected chi connectivity index (χ1v) is 6.24. The summed E-state index contributed by atoms with van der Waals surface area (Å²) in [7, 11) is 1.63. The van der Waals surface area contributed by atoms with Gasteiger partial charge in [-0.15, -0.1) is 11.3 Å². The Morgan fingerprint density at radius 2 is 2.17 bits per heavy atom. The van der Waals surface area contributed by atoms with E-state index in [-0.39, 0.29) is 0 Å². The Morgan fingerprint density at radius 3 is 3.00 bits per heavy atom. The molecule has 0 spiro atoms. The lowest BCUT2D eigenvalue weighted by atomic mass is 10.2. The van der Waals surface area contributed by atoms with E-state index in [1.165, 1.54) is 0 Å². The zero-order chi connectivity index (χ0) is 12.5.